The van der Waals surface area contributed by atoms with Crippen molar-refractivity contribution in [3.8, 4) is 0 Å². The number of likely N-dealkylation sites (N-methyl/N-ethyl adjacent to an activating group) is 1. The molecule has 0 aromatic carbocycles. The van der Waals surface area contributed by atoms with Crippen LogP contribution in [0.15, 0.2) is 0 Å². The fraction of sp³-hybridized carbons (Fsp3) is 1.00. The van der Waals surface area contributed by atoms with Gasteiger partial charge in [0.15, 0.2) is 0 Å². The molecule has 0 amide bonds. The van der Waals surface area contributed by atoms with Crippen molar-refractivity contribution in [1.29, 1.82) is 0 Å². The summed E-state index contributed by atoms with van der Waals surface area (Å²) in [6.07, 6.45) is 2.35. The van der Waals surface area contributed by atoms with Crippen LogP contribution in [0.1, 0.15) is 26.7 Å². The van der Waals surface area contributed by atoms with Crippen LogP contribution in [0.3, 0.4) is 0 Å². The second-order valence-corrected chi connectivity index (χ2v) is 2.67. The first-order valence-electron chi connectivity index (χ1n) is 4.07. The first-order valence-corrected chi connectivity index (χ1v) is 4.07. The molecule has 0 saturated carbocycles. The number of aliphatic hydroxyl groups excluding tert-OH is 1. The van der Waals surface area contributed by atoms with Gasteiger partial charge in [-0.25, -0.2) is 0 Å². The molecule has 1 N–H and O–H groups in total. The Labute approximate surface area is 63.8 Å². The van der Waals surface area contributed by atoms with Gasteiger partial charge in [0.2, 0.25) is 0 Å². The summed E-state index contributed by atoms with van der Waals surface area (Å²) in [7, 11) is 2.06. The van der Waals surface area contributed by atoms with Crippen molar-refractivity contribution < 1.29 is 5.11 Å². The molecule has 0 fully saturated rings. The van der Waals surface area contributed by atoms with E-state index in [9.17, 15) is 0 Å². The second kappa shape index (κ2) is 5.69. The minimum atomic E-state index is 0.271. The number of nitrogens with zero attached hydrogens (tertiary/aromatic N) is 1. The molecule has 0 rings (SSSR count). The first kappa shape index (κ1) is 9.92. The molecule has 62 valence electrons. The van der Waals surface area contributed by atoms with Gasteiger partial charge in [-0.3, -0.25) is 0 Å². The summed E-state index contributed by atoms with van der Waals surface area (Å²) in [5, 5.41) is 8.63. The van der Waals surface area contributed by atoms with E-state index in [-0.39, 0.29) is 6.61 Å². The summed E-state index contributed by atoms with van der Waals surface area (Å²) in [5.74, 6) is 0. The van der Waals surface area contributed by atoms with Crippen LogP contribution < -0.4 is 0 Å². The monoisotopic (exact) mass is 145 g/mol. The quantitative estimate of drug-likeness (QED) is 0.626. The molecule has 0 saturated heterocycles. The molecule has 0 aromatic rings. The van der Waals surface area contributed by atoms with Gasteiger partial charge in [0.05, 0.1) is 6.61 Å². The second-order valence-electron chi connectivity index (χ2n) is 2.67. The van der Waals surface area contributed by atoms with E-state index in [4.69, 9.17) is 5.11 Å². The Kier molecular flexibility index (Phi) is 5.64. The van der Waals surface area contributed by atoms with Crippen LogP contribution in [0.4, 0.5) is 0 Å². The molecule has 0 unspecified atom stereocenters. The zero-order chi connectivity index (χ0) is 7.98. The SMILES string of the molecule is CCC(CC)N(C)CCO. The highest BCUT2D eigenvalue weighted by Gasteiger charge is 2.07. The van der Waals surface area contributed by atoms with Crippen LogP contribution in [0.5, 0.6) is 0 Å². The third kappa shape index (κ3) is 3.18. The van der Waals surface area contributed by atoms with Crippen molar-refractivity contribution in [2.75, 3.05) is 20.2 Å². The largest absolute Gasteiger partial charge is 0.395 e. The van der Waals surface area contributed by atoms with Gasteiger partial charge in [0.25, 0.3) is 0 Å². The lowest BCUT2D eigenvalue weighted by Crippen LogP contribution is -2.32. The molecule has 0 aromatic heterocycles. The Bertz CT molecular complexity index is 71.7. The van der Waals surface area contributed by atoms with E-state index < -0.39 is 0 Å². The predicted octanol–water partition coefficient (Wildman–Crippen LogP) is 1.10. The maximum Gasteiger partial charge on any atom is 0.0558 e. The molecule has 2 nitrogen and oxygen atoms in total. The summed E-state index contributed by atoms with van der Waals surface area (Å²) in [6.45, 7) is 5.43. The summed E-state index contributed by atoms with van der Waals surface area (Å²) >= 11 is 0. The highest BCUT2D eigenvalue weighted by atomic mass is 16.3. The Balaban J connectivity index is 3.53. The molecule has 10 heavy (non-hydrogen) atoms. The average molecular weight is 145 g/mol. The third-order valence-corrected chi connectivity index (χ3v) is 2.02. The lowest BCUT2D eigenvalue weighted by molar-refractivity contribution is 0.173. The van der Waals surface area contributed by atoms with Gasteiger partial charge in [-0.1, -0.05) is 13.8 Å². The highest BCUT2D eigenvalue weighted by Crippen LogP contribution is 2.04. The Hall–Kier alpha value is -0.0800. The van der Waals surface area contributed by atoms with Crippen molar-refractivity contribution in [3.63, 3.8) is 0 Å². The first-order chi connectivity index (χ1) is 4.76. The van der Waals surface area contributed by atoms with Gasteiger partial charge >= 0.3 is 0 Å². The fourth-order valence-corrected chi connectivity index (χ4v) is 1.25. The predicted molar refractivity (Wildman–Crippen MR) is 44.1 cm³/mol. The average Bonchev–Trinajstić information content (AvgIpc) is 1.91. The molecule has 0 aliphatic rings. The lowest BCUT2D eigenvalue weighted by atomic mass is 10.1. The molecule has 0 aliphatic carbocycles. The minimum absolute atomic E-state index is 0.271. The van der Waals surface area contributed by atoms with Crippen LogP contribution in [-0.4, -0.2) is 36.2 Å². The molecular weight excluding hydrogens is 126 g/mol. The molecule has 0 heterocycles. The fourth-order valence-electron chi connectivity index (χ4n) is 1.25. The van der Waals surface area contributed by atoms with Crippen LogP contribution in [0.25, 0.3) is 0 Å². The van der Waals surface area contributed by atoms with Gasteiger partial charge in [-0.05, 0) is 19.9 Å². The van der Waals surface area contributed by atoms with Crippen molar-refractivity contribution in [2.24, 2.45) is 0 Å². The van der Waals surface area contributed by atoms with E-state index in [1.165, 1.54) is 12.8 Å². The number of aliphatic hydroxyl groups is 1. The van der Waals surface area contributed by atoms with Crippen molar-refractivity contribution in [1.82, 2.24) is 4.90 Å². The van der Waals surface area contributed by atoms with E-state index in [1.807, 2.05) is 0 Å². The molecule has 0 spiro atoms. The lowest BCUT2D eigenvalue weighted by Gasteiger charge is -2.24. The standard InChI is InChI=1S/C8H19NO/c1-4-8(5-2)9(3)6-7-10/h8,10H,4-7H2,1-3H3. The van der Waals surface area contributed by atoms with Crippen LogP contribution in [0.2, 0.25) is 0 Å². The van der Waals surface area contributed by atoms with Gasteiger partial charge in [-0.15, -0.1) is 0 Å². The molecule has 0 radical (unpaired) electrons. The van der Waals surface area contributed by atoms with Crippen molar-refractivity contribution >= 4 is 0 Å². The maximum atomic E-state index is 8.63. The van der Waals surface area contributed by atoms with E-state index in [1.54, 1.807) is 0 Å². The Morgan fingerprint density at radius 2 is 1.80 bits per heavy atom. The van der Waals surface area contributed by atoms with Gasteiger partial charge in [-0.2, -0.15) is 0 Å². The van der Waals surface area contributed by atoms with E-state index in [0.717, 1.165) is 6.54 Å². The van der Waals surface area contributed by atoms with E-state index in [0.29, 0.717) is 6.04 Å². The highest BCUT2D eigenvalue weighted by molar-refractivity contribution is 4.63. The van der Waals surface area contributed by atoms with E-state index in [2.05, 4.69) is 25.8 Å². The zero-order valence-electron chi connectivity index (χ0n) is 7.30. The number of hydrogen-bond donors (Lipinski definition) is 1. The van der Waals surface area contributed by atoms with Crippen molar-refractivity contribution in [2.45, 2.75) is 32.7 Å². The normalized spacial score (nSPS) is 11.4. The van der Waals surface area contributed by atoms with Crippen molar-refractivity contribution in [3.05, 3.63) is 0 Å². The maximum absolute atomic E-state index is 8.63. The summed E-state index contributed by atoms with van der Waals surface area (Å²) < 4.78 is 0. The third-order valence-electron chi connectivity index (χ3n) is 2.02. The molecular formula is C8H19NO. The Morgan fingerprint density at radius 3 is 2.10 bits per heavy atom. The minimum Gasteiger partial charge on any atom is -0.395 e. The number of rotatable bonds is 5. The summed E-state index contributed by atoms with van der Waals surface area (Å²) in [5.41, 5.74) is 0. The van der Waals surface area contributed by atoms with Gasteiger partial charge in [0.1, 0.15) is 0 Å². The van der Waals surface area contributed by atoms with Crippen LogP contribution in [0, 0.1) is 0 Å². The molecule has 2 heteroatoms. The topological polar surface area (TPSA) is 23.5 Å². The zero-order valence-corrected chi connectivity index (χ0v) is 7.30. The molecule has 0 atom stereocenters. The summed E-state index contributed by atoms with van der Waals surface area (Å²) in [4.78, 5) is 2.21. The van der Waals surface area contributed by atoms with Gasteiger partial charge in [0, 0.05) is 12.6 Å². The number of hydrogen-bond acceptors (Lipinski definition) is 2. The van der Waals surface area contributed by atoms with Crippen LogP contribution in [-0.2, 0) is 0 Å². The molecule has 0 aliphatic heterocycles. The Morgan fingerprint density at radius 1 is 1.30 bits per heavy atom. The van der Waals surface area contributed by atoms with E-state index >= 15 is 0 Å². The van der Waals surface area contributed by atoms with Crippen LogP contribution >= 0.6 is 0 Å². The smallest absolute Gasteiger partial charge is 0.0558 e. The van der Waals surface area contributed by atoms with Gasteiger partial charge < -0.3 is 10.0 Å². The molecule has 0 bridgehead atoms. The summed E-state index contributed by atoms with van der Waals surface area (Å²) in [6, 6.07) is 0.646.